The average molecular weight is 863 g/mol. The number of unbranched alkanes of at least 4 members (excludes halogenated alkanes) is 6. The molecule has 0 saturated heterocycles. The maximum absolute atomic E-state index is 12.9. The molecule has 0 heterocycles. The van der Waals surface area contributed by atoms with E-state index in [1.54, 1.807) is 31.2 Å². The van der Waals surface area contributed by atoms with Crippen molar-refractivity contribution in [3.8, 4) is 11.5 Å². The van der Waals surface area contributed by atoms with E-state index in [2.05, 4.69) is 34.8 Å². The van der Waals surface area contributed by atoms with Crippen LogP contribution in [0.2, 0.25) is 0 Å². The summed E-state index contributed by atoms with van der Waals surface area (Å²) in [6, 6.07) is 24.6. The second-order valence-corrected chi connectivity index (χ2v) is 16.0. The van der Waals surface area contributed by atoms with Crippen LogP contribution >= 0.6 is 7.82 Å². The van der Waals surface area contributed by atoms with E-state index >= 15 is 0 Å². The minimum absolute atomic E-state index is 0.0794. The molecule has 1 atom stereocenters. The van der Waals surface area contributed by atoms with Crippen molar-refractivity contribution in [1.82, 2.24) is 5.32 Å². The Bertz CT molecular complexity index is 1720. The molecule has 5 N–H and O–H groups in total. The Labute approximate surface area is 340 Å². The molecule has 0 aliphatic carbocycles. The molecule has 0 aromatic heterocycles. The van der Waals surface area contributed by atoms with E-state index in [-0.39, 0.29) is 11.5 Å². The second-order valence-electron chi connectivity index (χ2n) is 13.2. The van der Waals surface area contributed by atoms with Crippen LogP contribution < -0.4 is 20.3 Å². The molecule has 0 fully saturated rings. The highest BCUT2D eigenvalue weighted by Gasteiger charge is 2.56. The molecular formula is C41H56F5N2O8PS. The van der Waals surface area contributed by atoms with Crippen molar-refractivity contribution in [2.45, 2.75) is 90.2 Å². The number of benzene rings is 3. The second kappa shape index (κ2) is 26.3. The maximum Gasteiger partial charge on any atom is 0.524 e. The van der Waals surface area contributed by atoms with E-state index in [0.717, 1.165) is 85.1 Å². The topological polar surface area (TPSA) is 157 Å². The lowest BCUT2D eigenvalue weighted by Crippen LogP contribution is -2.36. The number of nitrogens with two attached hydrogens (primary N) is 1. The standard InChI is InChI=1S/C38H49F5NO6PS.C3H7NO2/c1-2-35(30-14-9-8-10-15-30)36(32-18-22-34(23-19-32)50-51(45,46)47)31-16-20-33(21-17-31)49-27-26-44-25-11-6-4-3-5-7-12-28-52(48)29-13-24-37(39,40)38(41,42)43;1-2-6-3(4)5/h8-10,14-23,44H,2-7,11-13,24-29H2,1H3,(H2,45,46,47);2H2,1H3,(H2,4,5)/b36-35-;. The fourth-order valence-corrected chi connectivity index (χ4v) is 7.41. The highest BCUT2D eigenvalue weighted by atomic mass is 32.2. The highest BCUT2D eigenvalue weighted by molar-refractivity contribution is 7.84. The van der Waals surface area contributed by atoms with Crippen LogP contribution in [0.5, 0.6) is 11.5 Å². The number of carbonyl (C=O) groups is 1. The number of hydrogen-bond donors (Lipinski definition) is 4. The number of hydrogen-bond acceptors (Lipinski definition) is 7. The Morgan fingerprint density at radius 3 is 1.78 bits per heavy atom. The number of carbonyl (C=O) groups excluding carboxylic acids is 1. The lowest BCUT2D eigenvalue weighted by Gasteiger charge is -2.19. The number of rotatable bonds is 25. The third kappa shape index (κ3) is 20.2. The summed E-state index contributed by atoms with van der Waals surface area (Å²) in [7, 11) is -6.04. The monoisotopic (exact) mass is 862 g/mol. The van der Waals surface area contributed by atoms with Gasteiger partial charge in [0.15, 0.2) is 0 Å². The van der Waals surface area contributed by atoms with Crippen molar-refractivity contribution in [3.05, 3.63) is 95.6 Å². The predicted molar refractivity (Wildman–Crippen MR) is 218 cm³/mol. The molecule has 3 aromatic carbocycles. The van der Waals surface area contributed by atoms with Crippen LogP contribution in [0.15, 0.2) is 78.9 Å². The first-order chi connectivity index (χ1) is 27.5. The normalized spacial score (nSPS) is 12.8. The summed E-state index contributed by atoms with van der Waals surface area (Å²) in [6.45, 7) is 6.19. The molecule has 10 nitrogen and oxygen atoms in total. The number of phosphoric acid groups is 1. The number of alkyl halides is 5. The van der Waals surface area contributed by atoms with Crippen LogP contribution in [0.3, 0.4) is 0 Å². The molecule has 0 saturated carbocycles. The summed E-state index contributed by atoms with van der Waals surface area (Å²) in [5.74, 6) is -3.71. The van der Waals surface area contributed by atoms with Crippen LogP contribution in [0.4, 0.5) is 26.7 Å². The zero-order valence-electron chi connectivity index (χ0n) is 33.0. The SMILES string of the molecule is CC/C(=C(\c1ccc(OCCNCCCCCCCCCS(=O)CCCC(F)(F)C(F)(F)F)cc1)c1ccc(OP(=O)(O)O)cc1)c1ccccc1.CCOC(N)=O. The molecule has 0 spiro atoms. The number of phosphoric ester groups is 1. The van der Waals surface area contributed by atoms with Crippen molar-refractivity contribution >= 4 is 35.9 Å². The summed E-state index contributed by atoms with van der Waals surface area (Å²) >= 11 is 0. The Morgan fingerprint density at radius 1 is 0.741 bits per heavy atom. The van der Waals surface area contributed by atoms with Gasteiger partial charge in [0.05, 0.1) is 6.61 Å². The van der Waals surface area contributed by atoms with Gasteiger partial charge in [-0.2, -0.15) is 22.0 Å². The number of nitrogens with one attached hydrogen (secondary N) is 1. The molecule has 17 heteroatoms. The molecule has 3 rings (SSSR count). The molecular weight excluding hydrogens is 806 g/mol. The van der Waals surface area contributed by atoms with E-state index in [9.17, 15) is 45.3 Å². The Kier molecular flexibility index (Phi) is 22.8. The van der Waals surface area contributed by atoms with Gasteiger partial charge in [0.25, 0.3) is 0 Å². The first kappa shape index (κ1) is 50.3. The molecule has 0 aliphatic rings. The lowest BCUT2D eigenvalue weighted by atomic mass is 9.88. The van der Waals surface area contributed by atoms with Crippen LogP contribution in [0.1, 0.15) is 94.7 Å². The van der Waals surface area contributed by atoms with Crippen LogP contribution in [0, 0.1) is 0 Å². The van der Waals surface area contributed by atoms with Gasteiger partial charge in [-0.05, 0) is 91.3 Å². The highest BCUT2D eigenvalue weighted by Crippen LogP contribution is 2.40. The van der Waals surface area contributed by atoms with E-state index in [1.807, 2.05) is 42.5 Å². The van der Waals surface area contributed by atoms with Crippen LogP contribution in [-0.4, -0.2) is 70.0 Å². The molecule has 0 aliphatic heterocycles. The average Bonchev–Trinajstić information content (AvgIpc) is 3.16. The van der Waals surface area contributed by atoms with Gasteiger partial charge in [-0.25, -0.2) is 9.36 Å². The van der Waals surface area contributed by atoms with Crippen LogP contribution in [0.25, 0.3) is 11.1 Å². The van der Waals surface area contributed by atoms with Gasteiger partial charge in [0.1, 0.15) is 18.1 Å². The van der Waals surface area contributed by atoms with Crippen molar-refractivity contribution in [1.29, 1.82) is 0 Å². The van der Waals surface area contributed by atoms with Gasteiger partial charge in [-0.1, -0.05) is 93.6 Å². The van der Waals surface area contributed by atoms with Gasteiger partial charge in [0.2, 0.25) is 0 Å². The third-order valence-electron chi connectivity index (χ3n) is 8.63. The van der Waals surface area contributed by atoms with Gasteiger partial charge >= 0.3 is 26.0 Å². The Morgan fingerprint density at radius 2 is 1.28 bits per heavy atom. The molecule has 1 unspecified atom stereocenters. The number of ether oxygens (including phenoxy) is 2. The Balaban J connectivity index is 0.00000179. The van der Waals surface area contributed by atoms with Crippen molar-refractivity contribution in [2.75, 3.05) is 37.8 Å². The van der Waals surface area contributed by atoms with E-state index < -0.39 is 49.7 Å². The third-order valence-corrected chi connectivity index (χ3v) is 10.6. The molecule has 0 radical (unpaired) electrons. The summed E-state index contributed by atoms with van der Waals surface area (Å²) in [5.41, 5.74) is 9.58. The molecule has 3 aromatic rings. The minimum Gasteiger partial charge on any atom is -0.492 e. The minimum atomic E-state index is -5.56. The summed E-state index contributed by atoms with van der Waals surface area (Å²) in [5, 5.41) is 3.39. The van der Waals surface area contributed by atoms with Gasteiger partial charge in [-0.15, -0.1) is 0 Å². The summed E-state index contributed by atoms with van der Waals surface area (Å²) in [4.78, 5) is 27.9. The smallest absolute Gasteiger partial charge is 0.492 e. The molecule has 1 amide bonds. The van der Waals surface area contributed by atoms with Crippen molar-refractivity contribution in [3.63, 3.8) is 0 Å². The maximum atomic E-state index is 12.9. The fraction of sp³-hybridized carbons (Fsp3) is 0.488. The zero-order chi connectivity index (χ0) is 43.0. The van der Waals surface area contributed by atoms with Gasteiger partial charge in [-0.3, -0.25) is 14.0 Å². The van der Waals surface area contributed by atoms with Gasteiger partial charge in [0, 0.05) is 35.3 Å². The summed E-state index contributed by atoms with van der Waals surface area (Å²) < 4.78 is 101. The van der Waals surface area contributed by atoms with Crippen molar-refractivity contribution < 1.29 is 59.3 Å². The molecule has 58 heavy (non-hydrogen) atoms. The van der Waals surface area contributed by atoms with Crippen LogP contribution in [-0.2, 0) is 20.1 Å². The van der Waals surface area contributed by atoms with E-state index in [1.165, 1.54) is 0 Å². The number of allylic oxidation sites excluding steroid dienone is 1. The fourth-order valence-electron chi connectivity index (χ4n) is 5.82. The Hall–Kier alpha value is -3.82. The van der Waals surface area contributed by atoms with E-state index in [0.29, 0.717) is 31.9 Å². The molecule has 324 valence electrons. The largest absolute Gasteiger partial charge is 0.524 e. The zero-order valence-corrected chi connectivity index (χ0v) is 34.7. The summed E-state index contributed by atoms with van der Waals surface area (Å²) in [6.07, 6.45) is -0.585. The lowest BCUT2D eigenvalue weighted by molar-refractivity contribution is -0.284. The van der Waals surface area contributed by atoms with Crippen molar-refractivity contribution in [2.24, 2.45) is 5.73 Å². The predicted octanol–water partition coefficient (Wildman–Crippen LogP) is 10.1. The number of primary amides is 1. The molecule has 0 bridgehead atoms. The first-order valence-corrected chi connectivity index (χ1v) is 22.3. The van der Waals surface area contributed by atoms with Gasteiger partial charge < -0.3 is 25.0 Å². The number of halogens is 5. The first-order valence-electron chi connectivity index (χ1n) is 19.3. The quantitative estimate of drug-likeness (QED) is 0.0282. The van der Waals surface area contributed by atoms with E-state index in [4.69, 9.17) is 9.26 Å². The number of amides is 1.